The number of benzene rings is 2. The van der Waals surface area contributed by atoms with E-state index >= 15 is 0 Å². The summed E-state index contributed by atoms with van der Waals surface area (Å²) in [5.74, 6) is -2.38. The van der Waals surface area contributed by atoms with Gasteiger partial charge in [-0.15, -0.1) is 0 Å². The lowest BCUT2D eigenvalue weighted by molar-refractivity contribution is -0.150. The van der Waals surface area contributed by atoms with E-state index in [1.807, 2.05) is 4.72 Å². The van der Waals surface area contributed by atoms with E-state index in [0.29, 0.717) is 5.56 Å². The zero-order chi connectivity index (χ0) is 20.0. The second kappa shape index (κ2) is 9.18. The topological polar surface area (TPSA) is 110 Å². The molecule has 0 unspecified atom stereocenters. The zero-order valence-corrected chi connectivity index (χ0v) is 16.1. The van der Waals surface area contributed by atoms with Gasteiger partial charge in [-0.05, 0) is 23.8 Å². The highest BCUT2D eigenvalue weighted by Crippen LogP contribution is 2.25. The summed E-state index contributed by atoms with van der Waals surface area (Å²) < 4.78 is 32.0. The molecule has 0 fully saturated rings. The van der Waals surface area contributed by atoms with Crippen LogP contribution >= 0.6 is 23.2 Å². The Balaban J connectivity index is 2.15. The minimum Gasteiger partial charge on any atom is -0.481 e. The average molecular weight is 432 g/mol. The van der Waals surface area contributed by atoms with Crippen molar-refractivity contribution in [1.82, 2.24) is 4.72 Å². The molecule has 1 atom stereocenters. The van der Waals surface area contributed by atoms with E-state index in [4.69, 9.17) is 33.0 Å². The highest BCUT2D eigenvalue weighted by atomic mass is 35.5. The molecule has 0 heterocycles. The SMILES string of the molecule is O=C(O)C[C@@H](NS(=O)(=O)c1ccc(Cl)c(Cl)c1)C(=O)OCc1ccccc1. The molecule has 10 heteroatoms. The summed E-state index contributed by atoms with van der Waals surface area (Å²) in [4.78, 5) is 23.0. The molecule has 0 aliphatic rings. The van der Waals surface area contributed by atoms with Gasteiger partial charge < -0.3 is 9.84 Å². The molecule has 0 aliphatic carbocycles. The average Bonchev–Trinajstić information content (AvgIpc) is 2.61. The number of ether oxygens (including phenoxy) is 1. The molecule has 2 aromatic rings. The Morgan fingerprint density at radius 1 is 1.07 bits per heavy atom. The highest BCUT2D eigenvalue weighted by molar-refractivity contribution is 7.89. The third-order valence-electron chi connectivity index (χ3n) is 3.39. The molecule has 0 radical (unpaired) electrons. The molecule has 2 aromatic carbocycles. The van der Waals surface area contributed by atoms with E-state index in [0.717, 1.165) is 6.07 Å². The van der Waals surface area contributed by atoms with Crippen molar-refractivity contribution < 1.29 is 27.9 Å². The molecule has 0 saturated carbocycles. The fourth-order valence-corrected chi connectivity index (χ4v) is 3.65. The maximum Gasteiger partial charge on any atom is 0.325 e. The summed E-state index contributed by atoms with van der Waals surface area (Å²) >= 11 is 11.6. The van der Waals surface area contributed by atoms with Gasteiger partial charge in [-0.2, -0.15) is 4.72 Å². The van der Waals surface area contributed by atoms with Crippen LogP contribution in [-0.2, 0) is 31.0 Å². The van der Waals surface area contributed by atoms with Crippen LogP contribution in [0.4, 0.5) is 0 Å². The van der Waals surface area contributed by atoms with Gasteiger partial charge in [-0.3, -0.25) is 9.59 Å². The first-order valence-corrected chi connectivity index (χ1v) is 9.82. The summed E-state index contributed by atoms with van der Waals surface area (Å²) in [5.41, 5.74) is 0.673. The largest absolute Gasteiger partial charge is 0.481 e. The zero-order valence-electron chi connectivity index (χ0n) is 13.8. The first-order chi connectivity index (χ1) is 12.7. The standard InChI is InChI=1S/C17H15Cl2NO6S/c18-13-7-6-12(8-14(13)19)27(24,25)20-15(9-16(21)22)17(23)26-10-11-4-2-1-3-5-11/h1-8,15,20H,9-10H2,(H,21,22)/t15-/m1/s1. The molecule has 0 amide bonds. The van der Waals surface area contributed by atoms with Gasteiger partial charge >= 0.3 is 11.9 Å². The molecule has 0 aliphatic heterocycles. The summed E-state index contributed by atoms with van der Waals surface area (Å²) in [6.45, 7) is -0.121. The van der Waals surface area contributed by atoms with Crippen LogP contribution in [0, 0.1) is 0 Å². The Morgan fingerprint density at radius 3 is 2.33 bits per heavy atom. The van der Waals surface area contributed by atoms with Gasteiger partial charge in [-0.1, -0.05) is 53.5 Å². The van der Waals surface area contributed by atoms with Gasteiger partial charge in [0.1, 0.15) is 12.6 Å². The first-order valence-electron chi connectivity index (χ1n) is 7.59. The number of hydrogen-bond acceptors (Lipinski definition) is 5. The Morgan fingerprint density at radius 2 is 1.74 bits per heavy atom. The number of halogens is 2. The van der Waals surface area contributed by atoms with E-state index in [-0.39, 0.29) is 21.5 Å². The van der Waals surface area contributed by atoms with Crippen molar-refractivity contribution in [3.05, 3.63) is 64.1 Å². The summed E-state index contributed by atoms with van der Waals surface area (Å²) in [7, 11) is -4.23. The van der Waals surface area contributed by atoms with Crippen molar-refractivity contribution in [1.29, 1.82) is 0 Å². The molecule has 7 nitrogen and oxygen atoms in total. The smallest absolute Gasteiger partial charge is 0.325 e. The van der Waals surface area contributed by atoms with Gasteiger partial charge in [-0.25, -0.2) is 8.42 Å². The molecule has 0 spiro atoms. The third kappa shape index (κ3) is 6.21. The number of aliphatic carboxylic acids is 1. The van der Waals surface area contributed by atoms with E-state index in [1.54, 1.807) is 30.3 Å². The summed E-state index contributed by atoms with van der Waals surface area (Å²) in [6.07, 6.45) is -0.784. The Bertz CT molecular complexity index is 934. The number of esters is 1. The number of nitrogens with one attached hydrogen (secondary N) is 1. The lowest BCUT2D eigenvalue weighted by Crippen LogP contribution is -2.43. The lowest BCUT2D eigenvalue weighted by Gasteiger charge is -2.16. The summed E-state index contributed by atoms with van der Waals surface area (Å²) in [6, 6.07) is 10.6. The molecule has 27 heavy (non-hydrogen) atoms. The Labute approximate surface area is 165 Å². The van der Waals surface area contributed by atoms with E-state index in [1.165, 1.54) is 12.1 Å². The normalized spacial score (nSPS) is 12.4. The Hall–Kier alpha value is -2.13. The van der Waals surface area contributed by atoms with Gasteiger partial charge in [0.05, 0.1) is 21.4 Å². The number of carboxylic acids is 1. The molecular weight excluding hydrogens is 417 g/mol. The van der Waals surface area contributed by atoms with Crippen LogP contribution in [0.2, 0.25) is 10.0 Å². The number of carbonyl (C=O) groups excluding carboxylic acids is 1. The number of carboxylic acid groups (broad SMARTS) is 1. The van der Waals surface area contributed by atoms with Crippen molar-refractivity contribution in [3.63, 3.8) is 0 Å². The van der Waals surface area contributed by atoms with Crippen molar-refractivity contribution >= 4 is 45.2 Å². The van der Waals surface area contributed by atoms with Crippen LogP contribution in [-0.4, -0.2) is 31.5 Å². The van der Waals surface area contributed by atoms with Crippen LogP contribution in [0.25, 0.3) is 0 Å². The predicted octanol–water partition coefficient (Wildman–Crippen LogP) is 2.86. The van der Waals surface area contributed by atoms with Crippen molar-refractivity contribution in [2.75, 3.05) is 0 Å². The molecule has 2 rings (SSSR count). The number of sulfonamides is 1. The maximum atomic E-state index is 12.5. The number of hydrogen-bond donors (Lipinski definition) is 2. The van der Waals surface area contributed by atoms with Crippen molar-refractivity contribution in [2.24, 2.45) is 0 Å². The minimum absolute atomic E-state index is 0.000908. The molecule has 0 saturated heterocycles. The second-order valence-corrected chi connectivity index (χ2v) is 7.97. The van der Waals surface area contributed by atoms with Gasteiger partial charge in [0, 0.05) is 0 Å². The minimum atomic E-state index is -4.23. The van der Waals surface area contributed by atoms with Crippen molar-refractivity contribution in [3.8, 4) is 0 Å². The molecular formula is C17H15Cl2NO6S. The first kappa shape index (κ1) is 21.2. The molecule has 0 bridgehead atoms. The fraction of sp³-hybridized carbons (Fsp3) is 0.176. The van der Waals surface area contributed by atoms with Crippen LogP contribution in [0.3, 0.4) is 0 Å². The monoisotopic (exact) mass is 431 g/mol. The third-order valence-corrected chi connectivity index (χ3v) is 5.59. The lowest BCUT2D eigenvalue weighted by atomic mass is 10.2. The predicted molar refractivity (Wildman–Crippen MR) is 99.1 cm³/mol. The molecule has 144 valence electrons. The van der Waals surface area contributed by atoms with Crippen LogP contribution < -0.4 is 4.72 Å². The maximum absolute atomic E-state index is 12.5. The van der Waals surface area contributed by atoms with E-state index in [2.05, 4.69) is 0 Å². The van der Waals surface area contributed by atoms with Crippen LogP contribution in [0.5, 0.6) is 0 Å². The fourth-order valence-electron chi connectivity index (χ4n) is 2.08. The molecule has 2 N–H and O–H groups in total. The number of rotatable bonds is 8. The molecule has 0 aromatic heterocycles. The van der Waals surface area contributed by atoms with Gasteiger partial charge in [0.2, 0.25) is 10.0 Å². The van der Waals surface area contributed by atoms with E-state index in [9.17, 15) is 18.0 Å². The quantitative estimate of drug-likeness (QED) is 0.621. The van der Waals surface area contributed by atoms with Crippen LogP contribution in [0.15, 0.2) is 53.4 Å². The second-order valence-electron chi connectivity index (χ2n) is 5.44. The Kier molecular flexibility index (Phi) is 7.20. The van der Waals surface area contributed by atoms with Gasteiger partial charge in [0.15, 0.2) is 0 Å². The van der Waals surface area contributed by atoms with Crippen molar-refractivity contribution in [2.45, 2.75) is 24.0 Å². The van der Waals surface area contributed by atoms with Crippen LogP contribution in [0.1, 0.15) is 12.0 Å². The van der Waals surface area contributed by atoms with Gasteiger partial charge in [0.25, 0.3) is 0 Å². The highest BCUT2D eigenvalue weighted by Gasteiger charge is 2.29. The number of carbonyl (C=O) groups is 2. The summed E-state index contributed by atoms with van der Waals surface area (Å²) in [5, 5.41) is 9.14. The van der Waals surface area contributed by atoms with E-state index < -0.39 is 34.4 Å².